The lowest BCUT2D eigenvalue weighted by Gasteiger charge is -2.20. The zero-order valence-electron chi connectivity index (χ0n) is 14.2. The van der Waals surface area contributed by atoms with Crippen LogP contribution in [0.15, 0.2) is 24.3 Å². The van der Waals surface area contributed by atoms with E-state index in [1.54, 1.807) is 36.2 Å². The maximum atomic E-state index is 12.0. The van der Waals surface area contributed by atoms with Crippen LogP contribution in [-0.4, -0.2) is 43.5 Å². The van der Waals surface area contributed by atoms with Crippen LogP contribution in [0.1, 0.15) is 27.2 Å². The van der Waals surface area contributed by atoms with Gasteiger partial charge in [-0.2, -0.15) is 0 Å². The van der Waals surface area contributed by atoms with Crippen LogP contribution in [0.3, 0.4) is 0 Å². The summed E-state index contributed by atoms with van der Waals surface area (Å²) < 4.78 is 5.55. The molecule has 1 aromatic carbocycles. The molecule has 0 radical (unpaired) electrons. The third kappa shape index (κ3) is 7.37. The van der Waals surface area contributed by atoms with Gasteiger partial charge < -0.3 is 15.0 Å². The first kappa shape index (κ1) is 19.3. The van der Waals surface area contributed by atoms with Gasteiger partial charge in [-0.1, -0.05) is 32.4 Å². The molecule has 23 heavy (non-hydrogen) atoms. The molecule has 128 valence electrons. The Morgan fingerprint density at radius 1 is 1.22 bits per heavy atom. The topological polar surface area (TPSA) is 58.6 Å². The summed E-state index contributed by atoms with van der Waals surface area (Å²) in [7, 11) is 1.72. The molecule has 0 spiro atoms. The van der Waals surface area contributed by atoms with Gasteiger partial charge in [0.15, 0.2) is 0 Å². The monoisotopic (exact) mass is 340 g/mol. The summed E-state index contributed by atoms with van der Waals surface area (Å²) in [5.74, 6) is 0.630. The van der Waals surface area contributed by atoms with Crippen molar-refractivity contribution in [1.29, 1.82) is 0 Å². The number of hydrogen-bond acceptors (Lipinski definition) is 3. The Morgan fingerprint density at radius 2 is 1.83 bits per heavy atom. The molecule has 0 fully saturated rings. The number of likely N-dealkylation sites (N-methyl/N-ethyl adjacent to an activating group) is 1. The lowest BCUT2D eigenvalue weighted by Crippen LogP contribution is -2.38. The quantitative estimate of drug-likeness (QED) is 0.830. The molecule has 6 heteroatoms. The Morgan fingerprint density at radius 3 is 2.39 bits per heavy atom. The normalized spacial score (nSPS) is 11.0. The van der Waals surface area contributed by atoms with E-state index in [1.807, 2.05) is 20.8 Å². The molecular formula is C17H25ClN2O3. The summed E-state index contributed by atoms with van der Waals surface area (Å²) >= 11 is 5.80. The fraction of sp³-hybridized carbons (Fsp3) is 0.529. The zero-order valence-corrected chi connectivity index (χ0v) is 14.9. The second kappa shape index (κ2) is 8.77. The van der Waals surface area contributed by atoms with Gasteiger partial charge in [0, 0.05) is 30.5 Å². The van der Waals surface area contributed by atoms with Gasteiger partial charge in [-0.05, 0) is 24.3 Å². The van der Waals surface area contributed by atoms with E-state index >= 15 is 0 Å². The molecule has 1 rings (SSSR count). The lowest BCUT2D eigenvalue weighted by atomic mass is 9.96. The molecule has 0 aromatic heterocycles. The number of hydrogen-bond donors (Lipinski definition) is 1. The SMILES string of the molecule is CN(CCOc1ccc(Cl)cc1)C(=O)CCNC(=O)C(C)(C)C. The van der Waals surface area contributed by atoms with E-state index in [2.05, 4.69) is 5.32 Å². The van der Waals surface area contributed by atoms with E-state index in [9.17, 15) is 9.59 Å². The average Bonchev–Trinajstić information content (AvgIpc) is 2.47. The van der Waals surface area contributed by atoms with Gasteiger partial charge in [0.05, 0.1) is 6.54 Å². The number of halogens is 1. The largest absolute Gasteiger partial charge is 0.492 e. The Hall–Kier alpha value is -1.75. The van der Waals surface area contributed by atoms with Crippen LogP contribution in [0.25, 0.3) is 0 Å². The zero-order chi connectivity index (χ0) is 17.5. The molecule has 0 aliphatic carbocycles. The molecule has 1 aromatic rings. The molecule has 0 aliphatic heterocycles. The molecule has 0 aliphatic rings. The molecule has 0 unspecified atom stereocenters. The van der Waals surface area contributed by atoms with Crippen molar-refractivity contribution in [2.75, 3.05) is 26.7 Å². The lowest BCUT2D eigenvalue weighted by molar-refractivity contribution is -0.131. The van der Waals surface area contributed by atoms with E-state index < -0.39 is 5.41 Å². The van der Waals surface area contributed by atoms with Crippen LogP contribution < -0.4 is 10.1 Å². The molecule has 2 amide bonds. The van der Waals surface area contributed by atoms with Crippen LogP contribution >= 0.6 is 11.6 Å². The molecule has 0 saturated heterocycles. The van der Waals surface area contributed by atoms with Crippen molar-refractivity contribution >= 4 is 23.4 Å². The summed E-state index contributed by atoms with van der Waals surface area (Å²) in [5.41, 5.74) is -0.443. The van der Waals surface area contributed by atoms with Crippen LogP contribution in [0.4, 0.5) is 0 Å². The highest BCUT2D eigenvalue weighted by Gasteiger charge is 2.20. The summed E-state index contributed by atoms with van der Waals surface area (Å²) in [6.07, 6.45) is 0.277. The first-order valence-corrected chi connectivity index (χ1v) is 7.98. The van der Waals surface area contributed by atoms with Crippen molar-refractivity contribution in [3.05, 3.63) is 29.3 Å². The molecule has 0 atom stereocenters. The van der Waals surface area contributed by atoms with Crippen molar-refractivity contribution in [2.45, 2.75) is 27.2 Å². The first-order valence-electron chi connectivity index (χ1n) is 7.61. The second-order valence-electron chi connectivity index (χ2n) is 6.37. The number of ether oxygens (including phenoxy) is 1. The third-order valence-corrected chi connectivity index (χ3v) is 3.49. The molecule has 0 saturated carbocycles. The van der Waals surface area contributed by atoms with Crippen LogP contribution in [-0.2, 0) is 9.59 Å². The number of nitrogens with zero attached hydrogens (tertiary/aromatic N) is 1. The third-order valence-electron chi connectivity index (χ3n) is 3.24. The number of amides is 2. The highest BCUT2D eigenvalue weighted by molar-refractivity contribution is 6.30. The van der Waals surface area contributed by atoms with Crippen LogP contribution in [0, 0.1) is 5.41 Å². The average molecular weight is 341 g/mol. The Balaban J connectivity index is 2.23. The Bertz CT molecular complexity index is 524. The summed E-state index contributed by atoms with van der Waals surface area (Å²) in [6, 6.07) is 7.08. The molecule has 1 N–H and O–H groups in total. The summed E-state index contributed by atoms with van der Waals surface area (Å²) in [6.45, 7) is 6.74. The summed E-state index contributed by atoms with van der Waals surface area (Å²) in [4.78, 5) is 25.3. The number of rotatable bonds is 7. The standard InChI is InChI=1S/C17H25ClN2O3/c1-17(2,3)16(22)19-10-9-15(21)20(4)11-12-23-14-7-5-13(18)6-8-14/h5-8H,9-12H2,1-4H3,(H,19,22). The van der Waals surface area contributed by atoms with E-state index in [-0.39, 0.29) is 18.2 Å². The van der Waals surface area contributed by atoms with E-state index in [0.29, 0.717) is 30.5 Å². The highest BCUT2D eigenvalue weighted by atomic mass is 35.5. The van der Waals surface area contributed by atoms with Crippen LogP contribution in [0.5, 0.6) is 5.75 Å². The van der Waals surface area contributed by atoms with Gasteiger partial charge in [0.2, 0.25) is 11.8 Å². The van der Waals surface area contributed by atoms with Crippen molar-refractivity contribution in [1.82, 2.24) is 10.2 Å². The maximum Gasteiger partial charge on any atom is 0.225 e. The van der Waals surface area contributed by atoms with Crippen molar-refractivity contribution in [2.24, 2.45) is 5.41 Å². The minimum atomic E-state index is -0.443. The van der Waals surface area contributed by atoms with E-state index in [1.165, 1.54) is 0 Å². The predicted octanol–water partition coefficient (Wildman–Crippen LogP) is 2.73. The predicted molar refractivity (Wildman–Crippen MR) is 91.7 cm³/mol. The van der Waals surface area contributed by atoms with Crippen molar-refractivity contribution in [3.63, 3.8) is 0 Å². The molecule has 5 nitrogen and oxygen atoms in total. The number of benzene rings is 1. The first-order chi connectivity index (χ1) is 10.7. The number of carbonyl (C=O) groups excluding carboxylic acids is 2. The van der Waals surface area contributed by atoms with Gasteiger partial charge in [-0.25, -0.2) is 0 Å². The smallest absolute Gasteiger partial charge is 0.225 e. The van der Waals surface area contributed by atoms with Crippen LogP contribution in [0.2, 0.25) is 5.02 Å². The Kier molecular flexibility index (Phi) is 7.36. The highest BCUT2D eigenvalue weighted by Crippen LogP contribution is 2.15. The Labute approximate surface area is 142 Å². The van der Waals surface area contributed by atoms with Gasteiger partial charge in [0.25, 0.3) is 0 Å². The fourth-order valence-corrected chi connectivity index (χ4v) is 1.82. The minimum absolute atomic E-state index is 0.0288. The molecule has 0 heterocycles. The van der Waals surface area contributed by atoms with E-state index in [0.717, 1.165) is 0 Å². The fourth-order valence-electron chi connectivity index (χ4n) is 1.69. The summed E-state index contributed by atoms with van der Waals surface area (Å²) in [5, 5.41) is 3.42. The van der Waals surface area contributed by atoms with Gasteiger partial charge in [-0.3, -0.25) is 9.59 Å². The number of nitrogens with one attached hydrogen (secondary N) is 1. The maximum absolute atomic E-state index is 12.0. The molecular weight excluding hydrogens is 316 g/mol. The minimum Gasteiger partial charge on any atom is -0.492 e. The van der Waals surface area contributed by atoms with Gasteiger partial charge in [0.1, 0.15) is 12.4 Å². The van der Waals surface area contributed by atoms with Gasteiger partial charge in [-0.15, -0.1) is 0 Å². The van der Waals surface area contributed by atoms with E-state index in [4.69, 9.17) is 16.3 Å². The van der Waals surface area contributed by atoms with Gasteiger partial charge >= 0.3 is 0 Å². The number of carbonyl (C=O) groups is 2. The second-order valence-corrected chi connectivity index (χ2v) is 6.81. The molecule has 0 bridgehead atoms. The van der Waals surface area contributed by atoms with Crippen molar-refractivity contribution in [3.8, 4) is 5.75 Å². The van der Waals surface area contributed by atoms with Crippen molar-refractivity contribution < 1.29 is 14.3 Å².